The van der Waals surface area contributed by atoms with E-state index in [4.69, 9.17) is 11.6 Å². The standard InChI is InChI=1S/C7H6Cl.ClH.Zn/c8-6-7-4-2-1-3-5-7;;/h1-6H;1H;/q-1;;. The number of hydrogen-bond acceptors (Lipinski definition) is 0. The minimum Gasteiger partial charge on any atom is -0.177 e. The Hall–Kier alpha value is 0.293. The van der Waals surface area contributed by atoms with E-state index in [-0.39, 0.29) is 31.9 Å². The summed E-state index contributed by atoms with van der Waals surface area (Å²) in [5, 5.41) is 0. The van der Waals surface area contributed by atoms with Gasteiger partial charge in [-0.1, -0.05) is 11.9 Å². The molecule has 0 atom stereocenters. The van der Waals surface area contributed by atoms with E-state index in [1.807, 2.05) is 30.3 Å². The fourth-order valence-electron chi connectivity index (χ4n) is 0.526. The van der Waals surface area contributed by atoms with Gasteiger partial charge < -0.3 is 0 Å². The van der Waals surface area contributed by atoms with Crippen molar-refractivity contribution in [3.63, 3.8) is 0 Å². The van der Waals surface area contributed by atoms with Crippen LogP contribution < -0.4 is 0 Å². The maximum atomic E-state index is 5.40. The fourth-order valence-corrected chi connectivity index (χ4v) is 0.671. The Morgan fingerprint density at radius 1 is 1.10 bits per heavy atom. The van der Waals surface area contributed by atoms with Crippen molar-refractivity contribution in [2.24, 2.45) is 0 Å². The Morgan fingerprint density at radius 3 is 1.90 bits per heavy atom. The third kappa shape index (κ3) is 4.16. The van der Waals surface area contributed by atoms with Crippen molar-refractivity contribution in [3.8, 4) is 0 Å². The van der Waals surface area contributed by atoms with Crippen molar-refractivity contribution in [2.75, 3.05) is 0 Å². The van der Waals surface area contributed by atoms with Gasteiger partial charge in [-0.2, -0.15) is 29.3 Å². The first kappa shape index (κ1) is 12.9. The molecular weight excluding hydrogens is 220 g/mol. The first-order chi connectivity index (χ1) is 3.93. The minimum atomic E-state index is 0. The molecule has 0 bridgehead atoms. The maximum absolute atomic E-state index is 5.40. The van der Waals surface area contributed by atoms with E-state index in [1.54, 1.807) is 5.88 Å². The molecule has 0 aromatic heterocycles. The number of hydrogen-bond donors (Lipinski definition) is 0. The molecule has 0 fully saturated rings. The smallest absolute Gasteiger partial charge is 0 e. The zero-order valence-corrected chi connectivity index (χ0v) is 10.00. The van der Waals surface area contributed by atoms with Crippen molar-refractivity contribution in [1.29, 1.82) is 0 Å². The molecule has 1 aromatic carbocycles. The third-order valence-electron chi connectivity index (χ3n) is 0.926. The van der Waals surface area contributed by atoms with Gasteiger partial charge in [0.25, 0.3) is 0 Å². The van der Waals surface area contributed by atoms with E-state index in [2.05, 4.69) is 0 Å². The van der Waals surface area contributed by atoms with E-state index >= 15 is 0 Å². The van der Waals surface area contributed by atoms with Gasteiger partial charge in [-0.3, -0.25) is 0 Å². The van der Waals surface area contributed by atoms with Crippen molar-refractivity contribution >= 4 is 24.0 Å². The molecule has 0 aliphatic heterocycles. The molecular formula is C7H7Cl2Zn-. The molecule has 0 aliphatic rings. The molecule has 0 unspecified atom stereocenters. The molecule has 0 radical (unpaired) electrons. The summed E-state index contributed by atoms with van der Waals surface area (Å²) in [7, 11) is 0. The second-order valence-electron chi connectivity index (χ2n) is 1.52. The quantitative estimate of drug-likeness (QED) is 0.511. The molecule has 0 spiro atoms. The number of halogens is 2. The van der Waals surface area contributed by atoms with Gasteiger partial charge in [-0.15, -0.1) is 24.5 Å². The molecule has 3 heteroatoms. The summed E-state index contributed by atoms with van der Waals surface area (Å²) in [6, 6.07) is 9.77. The predicted octanol–water partition coefficient (Wildman–Crippen LogP) is 2.85. The number of rotatable bonds is 1. The zero-order chi connectivity index (χ0) is 5.82. The summed E-state index contributed by atoms with van der Waals surface area (Å²) in [4.78, 5) is 0. The molecule has 10 heavy (non-hydrogen) atoms. The minimum absolute atomic E-state index is 0. The molecule has 52 valence electrons. The van der Waals surface area contributed by atoms with Crippen molar-refractivity contribution in [2.45, 2.75) is 0 Å². The molecule has 0 heterocycles. The summed E-state index contributed by atoms with van der Waals surface area (Å²) in [5.41, 5.74) is 1.05. The SMILES string of the molecule is Cl.Cl[CH-]c1ccccc1.[Zn]. The fraction of sp³-hybridized carbons (Fsp3) is 0. The summed E-state index contributed by atoms with van der Waals surface area (Å²) < 4.78 is 0. The van der Waals surface area contributed by atoms with Gasteiger partial charge in [0.05, 0.1) is 0 Å². The van der Waals surface area contributed by atoms with Crippen LogP contribution in [-0.4, -0.2) is 0 Å². The Labute approximate surface area is 85.1 Å². The second kappa shape index (κ2) is 7.40. The van der Waals surface area contributed by atoms with Crippen LogP contribution >= 0.6 is 24.0 Å². The van der Waals surface area contributed by atoms with Gasteiger partial charge in [-0.05, 0) is 0 Å². The Morgan fingerprint density at radius 2 is 1.60 bits per heavy atom. The summed E-state index contributed by atoms with van der Waals surface area (Å²) >= 11 is 5.40. The monoisotopic (exact) mass is 225 g/mol. The van der Waals surface area contributed by atoms with Crippen LogP contribution in [0.4, 0.5) is 0 Å². The van der Waals surface area contributed by atoms with E-state index in [1.165, 1.54) is 0 Å². The van der Waals surface area contributed by atoms with Crippen LogP contribution in [0.1, 0.15) is 5.56 Å². The van der Waals surface area contributed by atoms with Gasteiger partial charge in [-0.25, -0.2) is 0 Å². The molecule has 0 saturated carbocycles. The van der Waals surface area contributed by atoms with E-state index < -0.39 is 0 Å². The third-order valence-corrected chi connectivity index (χ3v) is 1.18. The van der Waals surface area contributed by atoms with Gasteiger partial charge in [0.15, 0.2) is 0 Å². The molecule has 0 saturated heterocycles. The van der Waals surface area contributed by atoms with E-state index in [9.17, 15) is 0 Å². The average molecular weight is 227 g/mol. The maximum Gasteiger partial charge on any atom is 0 e. The summed E-state index contributed by atoms with van der Waals surface area (Å²) in [6.07, 6.45) is 0. The molecule has 1 aromatic rings. The Balaban J connectivity index is 0. The molecule has 0 nitrogen and oxygen atoms in total. The molecule has 1 rings (SSSR count). The largest absolute Gasteiger partial charge is 0.177 e. The molecule has 0 amide bonds. The van der Waals surface area contributed by atoms with Gasteiger partial charge in [0.2, 0.25) is 0 Å². The summed E-state index contributed by atoms with van der Waals surface area (Å²) in [5.74, 6) is 1.56. The van der Waals surface area contributed by atoms with Crippen molar-refractivity contribution < 1.29 is 19.5 Å². The van der Waals surface area contributed by atoms with Crippen LogP contribution in [0.3, 0.4) is 0 Å². The van der Waals surface area contributed by atoms with Crippen LogP contribution in [0, 0.1) is 5.88 Å². The Bertz CT molecular complexity index is 153. The average Bonchev–Trinajstić information content (AvgIpc) is 1.90. The second-order valence-corrected chi connectivity index (χ2v) is 1.74. The van der Waals surface area contributed by atoms with E-state index in [0.717, 1.165) is 5.56 Å². The van der Waals surface area contributed by atoms with Crippen LogP contribution in [-0.2, 0) is 19.5 Å². The van der Waals surface area contributed by atoms with Crippen LogP contribution in [0.2, 0.25) is 0 Å². The zero-order valence-electron chi connectivity index (χ0n) is 5.46. The molecule has 0 N–H and O–H groups in total. The summed E-state index contributed by atoms with van der Waals surface area (Å²) in [6.45, 7) is 0. The predicted molar refractivity (Wildman–Crippen MR) is 42.9 cm³/mol. The first-order valence-electron chi connectivity index (χ1n) is 2.42. The number of benzene rings is 1. The van der Waals surface area contributed by atoms with Gasteiger partial charge >= 0.3 is 0 Å². The Kier molecular flexibility index (Phi) is 9.57. The first-order valence-corrected chi connectivity index (χ1v) is 2.85. The molecule has 0 aliphatic carbocycles. The van der Waals surface area contributed by atoms with Crippen LogP contribution in [0.15, 0.2) is 30.3 Å². The van der Waals surface area contributed by atoms with Crippen molar-refractivity contribution in [3.05, 3.63) is 41.8 Å². The normalized spacial score (nSPS) is 6.90. The van der Waals surface area contributed by atoms with Crippen molar-refractivity contribution in [1.82, 2.24) is 0 Å². The van der Waals surface area contributed by atoms with Gasteiger partial charge in [0, 0.05) is 19.5 Å². The topological polar surface area (TPSA) is 0 Å². The van der Waals surface area contributed by atoms with E-state index in [0.29, 0.717) is 0 Å². The van der Waals surface area contributed by atoms with Crippen LogP contribution in [0.25, 0.3) is 0 Å². The van der Waals surface area contributed by atoms with Crippen LogP contribution in [0.5, 0.6) is 0 Å². The van der Waals surface area contributed by atoms with Gasteiger partial charge in [0.1, 0.15) is 0 Å².